The van der Waals surface area contributed by atoms with E-state index in [1.807, 2.05) is 0 Å². The lowest BCUT2D eigenvalue weighted by atomic mass is 9.89. The summed E-state index contributed by atoms with van der Waals surface area (Å²) in [4.78, 5) is 0. The zero-order valence-corrected chi connectivity index (χ0v) is 10.1. The van der Waals surface area contributed by atoms with Gasteiger partial charge in [-0.05, 0) is 49.3 Å². The number of hydrogen-bond acceptors (Lipinski definition) is 1. The Hall–Kier alpha value is -0.820. The Balaban J connectivity index is 2.55. The summed E-state index contributed by atoms with van der Waals surface area (Å²) in [6.07, 6.45) is 1.85. The standard InChI is InChI=1S/C14H20O/c1-9(2)12-7-10(3)8-13(11(12)4)14(15)5-6-14/h7-9,15H,5-6H2,1-4H3. The predicted molar refractivity (Wildman–Crippen MR) is 63.1 cm³/mol. The molecule has 15 heavy (non-hydrogen) atoms. The first-order chi connectivity index (χ1) is 6.94. The molecule has 1 nitrogen and oxygen atoms in total. The highest BCUT2D eigenvalue weighted by Crippen LogP contribution is 2.47. The molecule has 0 aromatic heterocycles. The summed E-state index contributed by atoms with van der Waals surface area (Å²) in [5, 5.41) is 10.2. The molecule has 1 aliphatic carbocycles. The van der Waals surface area contributed by atoms with E-state index in [4.69, 9.17) is 0 Å². The van der Waals surface area contributed by atoms with Crippen molar-refractivity contribution in [3.8, 4) is 0 Å². The van der Waals surface area contributed by atoms with Gasteiger partial charge in [0.2, 0.25) is 0 Å². The Morgan fingerprint density at radius 1 is 1.20 bits per heavy atom. The summed E-state index contributed by atoms with van der Waals surface area (Å²) in [5.74, 6) is 0.533. The maximum atomic E-state index is 10.2. The Bertz CT molecular complexity index is 387. The smallest absolute Gasteiger partial charge is 0.0901 e. The summed E-state index contributed by atoms with van der Waals surface area (Å²) < 4.78 is 0. The molecular weight excluding hydrogens is 184 g/mol. The molecule has 1 aromatic carbocycles. The van der Waals surface area contributed by atoms with E-state index in [1.165, 1.54) is 16.7 Å². The lowest BCUT2D eigenvalue weighted by Crippen LogP contribution is -2.09. The van der Waals surface area contributed by atoms with E-state index in [-0.39, 0.29) is 0 Å². The van der Waals surface area contributed by atoms with Crippen molar-refractivity contribution >= 4 is 0 Å². The molecule has 0 atom stereocenters. The zero-order chi connectivity index (χ0) is 11.2. The van der Waals surface area contributed by atoms with E-state index >= 15 is 0 Å². The first-order valence-electron chi connectivity index (χ1n) is 5.78. The highest BCUT2D eigenvalue weighted by atomic mass is 16.3. The van der Waals surface area contributed by atoms with Gasteiger partial charge in [0.05, 0.1) is 5.60 Å². The molecule has 0 spiro atoms. The minimum atomic E-state index is -0.500. The van der Waals surface area contributed by atoms with Gasteiger partial charge >= 0.3 is 0 Å². The molecule has 1 heteroatoms. The molecule has 82 valence electrons. The van der Waals surface area contributed by atoms with E-state index < -0.39 is 5.60 Å². The Morgan fingerprint density at radius 2 is 1.80 bits per heavy atom. The molecule has 0 radical (unpaired) electrons. The quantitative estimate of drug-likeness (QED) is 0.782. The summed E-state index contributed by atoms with van der Waals surface area (Å²) in [5.41, 5.74) is 4.59. The van der Waals surface area contributed by atoms with Crippen LogP contribution >= 0.6 is 0 Å². The van der Waals surface area contributed by atoms with E-state index in [2.05, 4.69) is 39.8 Å². The molecule has 0 aliphatic heterocycles. The SMILES string of the molecule is Cc1cc(C(C)C)c(C)c(C2(O)CC2)c1. The molecule has 1 N–H and O–H groups in total. The van der Waals surface area contributed by atoms with Gasteiger partial charge in [-0.2, -0.15) is 0 Å². The molecular formula is C14H20O. The van der Waals surface area contributed by atoms with E-state index in [0.29, 0.717) is 5.92 Å². The van der Waals surface area contributed by atoms with Gasteiger partial charge < -0.3 is 5.11 Å². The molecule has 0 amide bonds. The van der Waals surface area contributed by atoms with Crippen molar-refractivity contribution in [2.24, 2.45) is 0 Å². The van der Waals surface area contributed by atoms with Gasteiger partial charge in [-0.25, -0.2) is 0 Å². The molecule has 1 fully saturated rings. The van der Waals surface area contributed by atoms with Crippen LogP contribution in [0.2, 0.25) is 0 Å². The Labute approximate surface area is 92.1 Å². The number of rotatable bonds is 2. The monoisotopic (exact) mass is 204 g/mol. The van der Waals surface area contributed by atoms with Gasteiger partial charge in [-0.15, -0.1) is 0 Å². The van der Waals surface area contributed by atoms with E-state index in [0.717, 1.165) is 18.4 Å². The minimum absolute atomic E-state index is 0.500. The van der Waals surface area contributed by atoms with Crippen molar-refractivity contribution in [1.29, 1.82) is 0 Å². The number of hydrogen-bond donors (Lipinski definition) is 1. The fourth-order valence-corrected chi connectivity index (χ4v) is 2.36. The van der Waals surface area contributed by atoms with Crippen LogP contribution < -0.4 is 0 Å². The van der Waals surface area contributed by atoms with Crippen molar-refractivity contribution < 1.29 is 5.11 Å². The first-order valence-corrected chi connectivity index (χ1v) is 5.78. The molecule has 0 saturated heterocycles. The summed E-state index contributed by atoms with van der Waals surface area (Å²) in [6.45, 7) is 8.67. The van der Waals surface area contributed by atoms with Crippen LogP contribution in [0.5, 0.6) is 0 Å². The Kier molecular flexibility index (Phi) is 2.38. The Morgan fingerprint density at radius 3 is 2.27 bits per heavy atom. The van der Waals surface area contributed by atoms with Gasteiger partial charge in [0, 0.05) is 0 Å². The van der Waals surface area contributed by atoms with Crippen LogP contribution in [-0.2, 0) is 5.60 Å². The van der Waals surface area contributed by atoms with E-state index in [9.17, 15) is 5.11 Å². The number of aliphatic hydroxyl groups is 1. The second-order valence-corrected chi connectivity index (χ2v) is 5.21. The normalized spacial score (nSPS) is 18.3. The molecule has 1 aromatic rings. The highest BCUT2D eigenvalue weighted by molar-refractivity contribution is 5.44. The molecule has 1 saturated carbocycles. The van der Waals surface area contributed by atoms with Gasteiger partial charge in [0.25, 0.3) is 0 Å². The van der Waals surface area contributed by atoms with Gasteiger partial charge in [0.15, 0.2) is 0 Å². The maximum Gasteiger partial charge on any atom is 0.0901 e. The molecule has 1 aliphatic rings. The number of benzene rings is 1. The average molecular weight is 204 g/mol. The van der Waals surface area contributed by atoms with Crippen molar-refractivity contribution in [2.45, 2.75) is 52.1 Å². The third-order valence-corrected chi connectivity index (χ3v) is 3.44. The number of aryl methyl sites for hydroxylation is 1. The van der Waals surface area contributed by atoms with Crippen LogP contribution in [0.15, 0.2) is 12.1 Å². The lowest BCUT2D eigenvalue weighted by molar-refractivity contribution is 0.150. The third kappa shape index (κ3) is 1.81. The van der Waals surface area contributed by atoms with Crippen molar-refractivity contribution in [1.82, 2.24) is 0 Å². The second kappa shape index (κ2) is 3.34. The van der Waals surface area contributed by atoms with Crippen LogP contribution in [0.1, 0.15) is 54.9 Å². The van der Waals surface area contributed by atoms with Crippen LogP contribution in [0.3, 0.4) is 0 Å². The largest absolute Gasteiger partial charge is 0.385 e. The summed E-state index contributed by atoms with van der Waals surface area (Å²) in [6, 6.07) is 4.39. The molecule has 0 bridgehead atoms. The third-order valence-electron chi connectivity index (χ3n) is 3.44. The fourth-order valence-electron chi connectivity index (χ4n) is 2.36. The van der Waals surface area contributed by atoms with Crippen molar-refractivity contribution in [3.05, 3.63) is 34.4 Å². The van der Waals surface area contributed by atoms with Gasteiger partial charge in [0.1, 0.15) is 0 Å². The van der Waals surface area contributed by atoms with E-state index in [1.54, 1.807) is 0 Å². The summed E-state index contributed by atoms with van der Waals surface area (Å²) in [7, 11) is 0. The predicted octanol–water partition coefficient (Wildman–Crippen LogP) is 3.41. The minimum Gasteiger partial charge on any atom is -0.385 e. The van der Waals surface area contributed by atoms with Gasteiger partial charge in [-0.1, -0.05) is 31.5 Å². The van der Waals surface area contributed by atoms with Crippen LogP contribution in [-0.4, -0.2) is 5.11 Å². The van der Waals surface area contributed by atoms with Crippen molar-refractivity contribution in [3.63, 3.8) is 0 Å². The molecule has 2 rings (SSSR count). The first kappa shape index (κ1) is 10.7. The van der Waals surface area contributed by atoms with Crippen molar-refractivity contribution in [2.75, 3.05) is 0 Å². The average Bonchev–Trinajstić information content (AvgIpc) is 2.88. The second-order valence-electron chi connectivity index (χ2n) is 5.21. The molecule has 0 unspecified atom stereocenters. The highest BCUT2D eigenvalue weighted by Gasteiger charge is 2.43. The van der Waals surface area contributed by atoms with Crippen LogP contribution in [0.4, 0.5) is 0 Å². The maximum absolute atomic E-state index is 10.2. The molecule has 0 heterocycles. The lowest BCUT2D eigenvalue weighted by Gasteiger charge is -2.19. The summed E-state index contributed by atoms with van der Waals surface area (Å²) >= 11 is 0. The zero-order valence-electron chi connectivity index (χ0n) is 10.1. The van der Waals surface area contributed by atoms with Gasteiger partial charge in [-0.3, -0.25) is 0 Å². The van der Waals surface area contributed by atoms with Crippen LogP contribution in [0, 0.1) is 13.8 Å². The van der Waals surface area contributed by atoms with Crippen LogP contribution in [0.25, 0.3) is 0 Å². The topological polar surface area (TPSA) is 20.2 Å². The fraction of sp³-hybridized carbons (Fsp3) is 0.571.